The molecule has 4 rings (SSSR count). The van der Waals surface area contributed by atoms with E-state index in [4.69, 9.17) is 4.99 Å². The van der Waals surface area contributed by atoms with E-state index in [9.17, 15) is 14.7 Å². The van der Waals surface area contributed by atoms with Crippen molar-refractivity contribution >= 4 is 17.5 Å². The molecule has 1 saturated heterocycles. The van der Waals surface area contributed by atoms with E-state index in [-0.39, 0.29) is 18.0 Å². The van der Waals surface area contributed by atoms with Gasteiger partial charge in [-0.05, 0) is 44.2 Å². The monoisotopic (exact) mass is 459 g/mol. The van der Waals surface area contributed by atoms with Gasteiger partial charge in [-0.3, -0.25) is 14.6 Å². The van der Waals surface area contributed by atoms with Gasteiger partial charge in [-0.2, -0.15) is 0 Å². The Morgan fingerprint density at radius 1 is 0.971 bits per heavy atom. The molecule has 0 unspecified atom stereocenters. The number of fused-ring (bicyclic) bond motifs is 1. The topological polar surface area (TPSA) is 82.0 Å². The minimum Gasteiger partial charge on any atom is -0.502 e. The van der Waals surface area contributed by atoms with Gasteiger partial charge in [-0.1, -0.05) is 67.4 Å². The van der Waals surface area contributed by atoms with Crippen molar-refractivity contribution in [3.63, 3.8) is 0 Å². The minimum absolute atomic E-state index is 0.00677. The van der Waals surface area contributed by atoms with Gasteiger partial charge in [0.25, 0.3) is 11.8 Å². The first kappa shape index (κ1) is 23.7. The number of aliphatic imine (C=N–C) groups is 1. The summed E-state index contributed by atoms with van der Waals surface area (Å²) in [5.41, 5.74) is 2.68. The molecule has 1 fully saturated rings. The summed E-state index contributed by atoms with van der Waals surface area (Å²) < 4.78 is 0. The van der Waals surface area contributed by atoms with Crippen molar-refractivity contribution in [1.29, 1.82) is 0 Å². The van der Waals surface area contributed by atoms with Crippen LogP contribution >= 0.6 is 0 Å². The second kappa shape index (κ2) is 10.2. The molecule has 6 heteroatoms. The summed E-state index contributed by atoms with van der Waals surface area (Å²) in [5.74, 6) is -1.58. The molecule has 2 aliphatic heterocycles. The van der Waals surface area contributed by atoms with Gasteiger partial charge >= 0.3 is 0 Å². The van der Waals surface area contributed by atoms with Gasteiger partial charge in [0.1, 0.15) is 5.57 Å². The zero-order valence-corrected chi connectivity index (χ0v) is 20.0. The molecule has 2 N–H and O–H groups in total. The number of likely N-dealkylation sites (tertiary alicyclic amines) is 1. The van der Waals surface area contributed by atoms with Gasteiger partial charge < -0.3 is 15.3 Å². The van der Waals surface area contributed by atoms with E-state index in [1.807, 2.05) is 68.4 Å². The maximum atomic E-state index is 13.8. The van der Waals surface area contributed by atoms with Crippen LogP contribution in [-0.2, 0) is 22.6 Å². The van der Waals surface area contributed by atoms with Crippen molar-refractivity contribution in [3.05, 3.63) is 82.6 Å². The summed E-state index contributed by atoms with van der Waals surface area (Å²) in [7, 11) is 0. The summed E-state index contributed by atoms with van der Waals surface area (Å²) in [5, 5.41) is 14.0. The average molecular weight is 460 g/mol. The maximum Gasteiger partial charge on any atom is 0.287 e. The molecule has 0 radical (unpaired) electrons. The Hall–Kier alpha value is -3.41. The number of hydrogen-bond donors (Lipinski definition) is 2. The maximum absolute atomic E-state index is 13.8. The lowest BCUT2D eigenvalue weighted by Crippen LogP contribution is -2.40. The summed E-state index contributed by atoms with van der Waals surface area (Å²) >= 11 is 0. The van der Waals surface area contributed by atoms with Crippen LogP contribution in [-0.4, -0.2) is 46.2 Å². The molecule has 0 aromatic heterocycles. The molecule has 178 valence electrons. The lowest BCUT2D eigenvalue weighted by atomic mass is 9.84. The van der Waals surface area contributed by atoms with Crippen molar-refractivity contribution in [2.24, 2.45) is 4.99 Å². The third-order valence-electron chi connectivity index (χ3n) is 6.40. The van der Waals surface area contributed by atoms with Crippen molar-refractivity contribution in [3.8, 4) is 0 Å². The molecular weight excluding hydrogens is 426 g/mol. The first-order valence-electron chi connectivity index (χ1n) is 12.1. The van der Waals surface area contributed by atoms with Gasteiger partial charge in [0.15, 0.2) is 5.76 Å². The van der Waals surface area contributed by atoms with Gasteiger partial charge in [0, 0.05) is 25.2 Å². The van der Waals surface area contributed by atoms with Gasteiger partial charge in [0.05, 0.1) is 11.3 Å². The number of rotatable bonds is 5. The molecule has 0 bridgehead atoms. The lowest BCUT2D eigenvalue weighted by Gasteiger charge is -2.31. The smallest absolute Gasteiger partial charge is 0.287 e. The predicted molar refractivity (Wildman–Crippen MR) is 134 cm³/mol. The second-order valence-electron chi connectivity index (χ2n) is 9.71. The highest BCUT2D eigenvalue weighted by Gasteiger charge is 2.35. The molecule has 6 nitrogen and oxygen atoms in total. The Labute approximate surface area is 201 Å². The molecule has 2 heterocycles. The number of nitrogens with one attached hydrogen (secondary N) is 1. The molecule has 2 aromatic carbocycles. The molecule has 0 atom stereocenters. The largest absolute Gasteiger partial charge is 0.502 e. The van der Waals surface area contributed by atoms with E-state index in [1.54, 1.807) is 4.90 Å². The third-order valence-corrected chi connectivity index (χ3v) is 6.40. The standard InChI is InChI=1S/C28H33N3O3/c1-28(2)18-21-14-8-9-15-22(21)24(30-28)23(27(34)31-16-10-3-4-11-17-31)25(32)26(33)29-19-20-12-6-5-7-13-20/h5-9,12-15,32H,3-4,10-11,16-19H2,1-2H3,(H,29,33)/b25-23-. The molecule has 34 heavy (non-hydrogen) atoms. The van der Waals surface area contributed by atoms with Gasteiger partial charge in [-0.15, -0.1) is 0 Å². The van der Waals surface area contributed by atoms with Crippen molar-refractivity contribution in [1.82, 2.24) is 10.2 Å². The highest BCUT2D eigenvalue weighted by Crippen LogP contribution is 2.31. The van der Waals surface area contributed by atoms with E-state index in [1.165, 1.54) is 0 Å². The molecule has 2 aromatic rings. The number of hydrogen-bond acceptors (Lipinski definition) is 4. The van der Waals surface area contributed by atoms with Crippen LogP contribution in [0, 0.1) is 0 Å². The van der Waals surface area contributed by atoms with Crippen LogP contribution in [0.3, 0.4) is 0 Å². The Kier molecular flexibility index (Phi) is 7.15. The van der Waals surface area contributed by atoms with Crippen LogP contribution in [0.5, 0.6) is 0 Å². The Morgan fingerprint density at radius 2 is 1.62 bits per heavy atom. The number of aliphatic hydroxyl groups excluding tert-OH is 1. The Morgan fingerprint density at radius 3 is 2.32 bits per heavy atom. The molecule has 2 aliphatic rings. The number of carbonyl (C=O) groups excluding carboxylic acids is 2. The van der Waals surface area contributed by atoms with E-state index < -0.39 is 17.2 Å². The summed E-state index contributed by atoms with van der Waals surface area (Å²) in [6.07, 6.45) is 4.69. The fourth-order valence-corrected chi connectivity index (χ4v) is 4.69. The third kappa shape index (κ3) is 5.38. The molecule has 0 saturated carbocycles. The molecular formula is C28H33N3O3. The predicted octanol–water partition coefficient (Wildman–Crippen LogP) is 4.34. The number of nitrogens with zero attached hydrogens (tertiary/aromatic N) is 2. The molecule has 0 spiro atoms. The number of benzene rings is 2. The number of aliphatic hydroxyl groups is 1. The highest BCUT2D eigenvalue weighted by atomic mass is 16.3. The van der Waals surface area contributed by atoms with Crippen molar-refractivity contribution in [2.45, 2.75) is 58.0 Å². The Bertz CT molecular complexity index is 1110. The highest BCUT2D eigenvalue weighted by molar-refractivity contribution is 6.31. The van der Waals surface area contributed by atoms with E-state index in [0.717, 1.165) is 48.8 Å². The van der Waals surface area contributed by atoms with Crippen LogP contribution in [0.15, 0.2) is 70.9 Å². The first-order valence-corrected chi connectivity index (χ1v) is 12.1. The van der Waals surface area contributed by atoms with Gasteiger partial charge in [-0.25, -0.2) is 0 Å². The summed E-state index contributed by atoms with van der Waals surface area (Å²) in [4.78, 5) is 33.6. The molecule has 2 amide bonds. The number of carbonyl (C=O) groups is 2. The normalized spacial score (nSPS) is 18.2. The SMILES string of the molecule is CC1(C)Cc2ccccc2C(/C(C(=O)N2CCCCCC2)=C(/O)C(=O)NCc2ccccc2)=N1. The first-order chi connectivity index (χ1) is 16.4. The van der Waals surface area contributed by atoms with Crippen LogP contribution in [0.2, 0.25) is 0 Å². The van der Waals surface area contributed by atoms with E-state index in [2.05, 4.69) is 5.32 Å². The fraction of sp³-hybridized carbons (Fsp3) is 0.393. The Balaban J connectivity index is 1.75. The summed E-state index contributed by atoms with van der Waals surface area (Å²) in [6, 6.07) is 17.3. The van der Waals surface area contributed by atoms with Crippen LogP contribution < -0.4 is 5.32 Å². The zero-order chi connectivity index (χ0) is 24.1. The number of amides is 2. The van der Waals surface area contributed by atoms with E-state index in [0.29, 0.717) is 18.8 Å². The van der Waals surface area contributed by atoms with Crippen LogP contribution in [0.4, 0.5) is 0 Å². The quantitative estimate of drug-likeness (QED) is 0.515. The molecule has 0 aliphatic carbocycles. The van der Waals surface area contributed by atoms with Crippen molar-refractivity contribution < 1.29 is 14.7 Å². The lowest BCUT2D eigenvalue weighted by molar-refractivity contribution is -0.127. The van der Waals surface area contributed by atoms with Gasteiger partial charge in [0.2, 0.25) is 0 Å². The van der Waals surface area contributed by atoms with Crippen LogP contribution in [0.25, 0.3) is 0 Å². The second-order valence-corrected chi connectivity index (χ2v) is 9.71. The zero-order valence-electron chi connectivity index (χ0n) is 20.0. The minimum atomic E-state index is -0.675. The average Bonchev–Trinajstić information content (AvgIpc) is 3.12. The van der Waals surface area contributed by atoms with Crippen molar-refractivity contribution in [2.75, 3.05) is 13.1 Å². The summed E-state index contributed by atoms with van der Waals surface area (Å²) in [6.45, 7) is 5.48. The van der Waals surface area contributed by atoms with E-state index >= 15 is 0 Å². The fourth-order valence-electron chi connectivity index (χ4n) is 4.69. The van der Waals surface area contributed by atoms with Crippen LogP contribution in [0.1, 0.15) is 56.2 Å².